The minimum Gasteiger partial charge on any atom is -0.493 e. The Morgan fingerprint density at radius 2 is 1.67 bits per heavy atom. The van der Waals surface area contributed by atoms with Gasteiger partial charge in [-0.1, -0.05) is 42.0 Å². The number of nitrogens with one attached hydrogen (secondary N) is 2. The monoisotopic (exact) mass is 526 g/mol. The largest absolute Gasteiger partial charge is 0.493 e. The molecule has 0 radical (unpaired) electrons. The SMILES string of the molecule is COc1ccc([C@@H]2CC(=O)C3=C(C2)NC(C)=C(C(=O)Nc2ccc(C)cc2)[C@@H]3c2ccccc2F)cc1OC. The number of amides is 1. The molecule has 3 aromatic rings. The van der Waals surface area contributed by atoms with Gasteiger partial charge in [-0.2, -0.15) is 0 Å². The number of carbonyl (C=O) groups is 2. The van der Waals surface area contributed by atoms with Gasteiger partial charge in [-0.25, -0.2) is 4.39 Å². The molecule has 0 bridgehead atoms. The molecule has 7 heteroatoms. The first-order chi connectivity index (χ1) is 18.8. The Morgan fingerprint density at radius 1 is 0.949 bits per heavy atom. The molecule has 0 unspecified atom stereocenters. The number of dihydropyridines is 1. The molecule has 0 saturated heterocycles. The Kier molecular flexibility index (Phi) is 7.24. The van der Waals surface area contributed by atoms with Crippen molar-refractivity contribution in [2.75, 3.05) is 19.5 Å². The summed E-state index contributed by atoms with van der Waals surface area (Å²) < 4.78 is 26.1. The number of rotatable bonds is 6. The highest BCUT2D eigenvalue weighted by atomic mass is 19.1. The third-order valence-corrected chi connectivity index (χ3v) is 7.48. The second kappa shape index (κ2) is 10.8. The Balaban J connectivity index is 1.55. The molecule has 3 aromatic carbocycles. The van der Waals surface area contributed by atoms with Gasteiger partial charge in [0.15, 0.2) is 17.3 Å². The lowest BCUT2D eigenvalue weighted by atomic mass is 9.71. The van der Waals surface area contributed by atoms with Crippen LogP contribution in [-0.4, -0.2) is 25.9 Å². The van der Waals surface area contributed by atoms with Crippen molar-refractivity contribution < 1.29 is 23.5 Å². The maximum Gasteiger partial charge on any atom is 0.254 e. The van der Waals surface area contributed by atoms with Gasteiger partial charge in [0.1, 0.15) is 5.82 Å². The number of Topliss-reactive ketones (excluding diaryl/α,β-unsaturated/α-hetero) is 1. The summed E-state index contributed by atoms with van der Waals surface area (Å²) in [6, 6.07) is 19.5. The summed E-state index contributed by atoms with van der Waals surface area (Å²) >= 11 is 0. The predicted molar refractivity (Wildman–Crippen MR) is 148 cm³/mol. The second-order valence-corrected chi connectivity index (χ2v) is 9.97. The summed E-state index contributed by atoms with van der Waals surface area (Å²) in [5.74, 6) is -0.689. The third-order valence-electron chi connectivity index (χ3n) is 7.48. The molecule has 0 aromatic heterocycles. The molecule has 5 rings (SSSR count). The Morgan fingerprint density at radius 3 is 2.36 bits per heavy atom. The molecule has 39 heavy (non-hydrogen) atoms. The molecule has 1 heterocycles. The quantitative estimate of drug-likeness (QED) is 0.403. The fraction of sp³-hybridized carbons (Fsp3) is 0.250. The van der Waals surface area contributed by atoms with Gasteiger partial charge in [0.2, 0.25) is 0 Å². The lowest BCUT2D eigenvalue weighted by Gasteiger charge is -2.37. The zero-order valence-electron chi connectivity index (χ0n) is 22.4. The zero-order valence-corrected chi connectivity index (χ0v) is 22.4. The summed E-state index contributed by atoms with van der Waals surface area (Å²) in [4.78, 5) is 27.5. The molecular weight excluding hydrogens is 495 g/mol. The Bertz CT molecular complexity index is 1510. The van der Waals surface area contributed by atoms with Crippen LogP contribution in [0.1, 0.15) is 48.3 Å². The summed E-state index contributed by atoms with van der Waals surface area (Å²) in [6.45, 7) is 3.77. The van der Waals surface area contributed by atoms with Gasteiger partial charge in [0, 0.05) is 46.1 Å². The van der Waals surface area contributed by atoms with Crippen LogP contribution in [0.2, 0.25) is 0 Å². The summed E-state index contributed by atoms with van der Waals surface area (Å²) in [5.41, 5.74) is 5.02. The van der Waals surface area contributed by atoms with Crippen LogP contribution in [0.25, 0.3) is 0 Å². The smallest absolute Gasteiger partial charge is 0.254 e. The maximum absolute atomic E-state index is 15.3. The number of benzene rings is 3. The zero-order chi connectivity index (χ0) is 27.7. The molecule has 200 valence electrons. The number of anilines is 1. The molecular formula is C32H31FN2O4. The van der Waals surface area contributed by atoms with Crippen LogP contribution >= 0.6 is 0 Å². The number of hydrogen-bond acceptors (Lipinski definition) is 5. The van der Waals surface area contributed by atoms with Crippen LogP contribution < -0.4 is 20.1 Å². The van der Waals surface area contributed by atoms with Crippen molar-refractivity contribution in [3.63, 3.8) is 0 Å². The molecule has 0 saturated carbocycles. The number of methoxy groups -OCH3 is 2. The van der Waals surface area contributed by atoms with E-state index in [9.17, 15) is 9.59 Å². The van der Waals surface area contributed by atoms with E-state index in [0.29, 0.717) is 51.7 Å². The van der Waals surface area contributed by atoms with Crippen LogP contribution in [0, 0.1) is 12.7 Å². The van der Waals surface area contributed by atoms with Crippen molar-refractivity contribution in [3.8, 4) is 11.5 Å². The van der Waals surface area contributed by atoms with Crippen molar-refractivity contribution in [3.05, 3.63) is 112 Å². The van der Waals surface area contributed by atoms with Crippen LogP contribution in [0.3, 0.4) is 0 Å². The first-order valence-corrected chi connectivity index (χ1v) is 12.9. The molecule has 2 N–H and O–H groups in total. The number of ketones is 1. The molecule has 2 aliphatic rings. The van der Waals surface area contributed by atoms with Crippen LogP contribution in [-0.2, 0) is 9.59 Å². The van der Waals surface area contributed by atoms with Crippen LogP contribution in [0.5, 0.6) is 11.5 Å². The maximum atomic E-state index is 15.3. The van der Waals surface area contributed by atoms with Crippen molar-refractivity contribution in [1.82, 2.24) is 5.32 Å². The average Bonchev–Trinajstić information content (AvgIpc) is 2.93. The van der Waals surface area contributed by atoms with E-state index in [1.807, 2.05) is 49.4 Å². The summed E-state index contributed by atoms with van der Waals surface area (Å²) in [6.07, 6.45) is 0.762. The molecule has 1 aliphatic heterocycles. The van der Waals surface area contributed by atoms with Gasteiger partial charge in [-0.05, 0) is 62.1 Å². The van der Waals surface area contributed by atoms with Crippen molar-refractivity contribution >= 4 is 17.4 Å². The highest BCUT2D eigenvalue weighted by Gasteiger charge is 2.42. The normalized spacial score (nSPS) is 18.8. The number of carbonyl (C=O) groups excluding carboxylic acids is 2. The first-order valence-electron chi connectivity index (χ1n) is 12.9. The lowest BCUT2D eigenvalue weighted by Crippen LogP contribution is -2.37. The highest BCUT2D eigenvalue weighted by Crippen LogP contribution is 2.47. The second-order valence-electron chi connectivity index (χ2n) is 9.97. The van der Waals surface area contributed by atoms with Gasteiger partial charge >= 0.3 is 0 Å². The van der Waals surface area contributed by atoms with E-state index in [4.69, 9.17) is 9.47 Å². The van der Waals surface area contributed by atoms with E-state index in [2.05, 4.69) is 10.6 Å². The van der Waals surface area contributed by atoms with E-state index >= 15 is 4.39 Å². The van der Waals surface area contributed by atoms with E-state index in [1.54, 1.807) is 39.3 Å². The summed E-state index contributed by atoms with van der Waals surface area (Å²) in [7, 11) is 3.16. The fourth-order valence-electron chi connectivity index (χ4n) is 5.54. The average molecular weight is 527 g/mol. The first kappa shape index (κ1) is 26.2. The number of aryl methyl sites for hydroxylation is 1. The van der Waals surface area contributed by atoms with E-state index in [-0.39, 0.29) is 24.0 Å². The number of allylic oxidation sites excluding steroid dienone is 3. The topological polar surface area (TPSA) is 76.7 Å². The van der Waals surface area contributed by atoms with Crippen molar-refractivity contribution in [1.29, 1.82) is 0 Å². The van der Waals surface area contributed by atoms with Crippen LogP contribution in [0.15, 0.2) is 89.3 Å². The van der Waals surface area contributed by atoms with Gasteiger partial charge in [0.05, 0.1) is 14.2 Å². The molecule has 0 fully saturated rings. The van der Waals surface area contributed by atoms with Crippen molar-refractivity contribution in [2.24, 2.45) is 0 Å². The molecule has 2 atom stereocenters. The number of halogens is 1. The molecule has 0 spiro atoms. The lowest BCUT2D eigenvalue weighted by molar-refractivity contribution is -0.116. The minimum absolute atomic E-state index is 0.111. The van der Waals surface area contributed by atoms with Crippen LogP contribution in [0.4, 0.5) is 10.1 Å². The van der Waals surface area contributed by atoms with Gasteiger partial charge in [-0.3, -0.25) is 9.59 Å². The van der Waals surface area contributed by atoms with Gasteiger partial charge in [-0.15, -0.1) is 0 Å². The minimum atomic E-state index is -0.827. The fourth-order valence-corrected chi connectivity index (χ4v) is 5.54. The predicted octanol–water partition coefficient (Wildman–Crippen LogP) is 6.15. The van der Waals surface area contributed by atoms with E-state index in [1.165, 1.54) is 6.07 Å². The third kappa shape index (κ3) is 5.04. The number of hydrogen-bond donors (Lipinski definition) is 2. The van der Waals surface area contributed by atoms with E-state index < -0.39 is 11.7 Å². The van der Waals surface area contributed by atoms with E-state index in [0.717, 1.165) is 11.1 Å². The Labute approximate surface area is 227 Å². The summed E-state index contributed by atoms with van der Waals surface area (Å²) in [5, 5.41) is 6.28. The Hall–Kier alpha value is -4.39. The molecule has 1 amide bonds. The van der Waals surface area contributed by atoms with Crippen molar-refractivity contribution in [2.45, 2.75) is 38.5 Å². The molecule has 1 aliphatic carbocycles. The highest BCUT2D eigenvalue weighted by molar-refractivity contribution is 6.10. The van der Waals surface area contributed by atoms with Gasteiger partial charge < -0.3 is 20.1 Å². The molecule has 6 nitrogen and oxygen atoms in total. The van der Waals surface area contributed by atoms with Gasteiger partial charge in [0.25, 0.3) is 5.91 Å². The standard InChI is InChI=1S/C32H31FN2O4/c1-18-9-12-22(13-10-18)35-32(37)29-19(2)34-25-15-21(20-11-14-27(38-3)28(17-20)39-4)16-26(36)31(25)30(29)23-7-5-6-8-24(23)33/h5-14,17,21,30,34H,15-16H2,1-4H3,(H,35,37)/t21-,30-/m0/s1. The number of ether oxygens (including phenoxy) is 2.